The third kappa shape index (κ3) is 3.81. The number of nitrogens with one attached hydrogen (secondary N) is 1. The van der Waals surface area contributed by atoms with Crippen LogP contribution in [0.4, 0.5) is 5.69 Å². The minimum atomic E-state index is -2.95. The quantitative estimate of drug-likeness (QED) is 0.866. The van der Waals surface area contributed by atoms with Crippen LogP contribution in [-0.2, 0) is 19.4 Å². The Hall–Kier alpha value is -2.22. The molecule has 1 atom stereocenters. The van der Waals surface area contributed by atoms with Crippen LogP contribution in [0.1, 0.15) is 19.3 Å². The Morgan fingerprint density at radius 1 is 1.25 bits per heavy atom. The van der Waals surface area contributed by atoms with Gasteiger partial charge < -0.3 is 5.32 Å². The predicted octanol–water partition coefficient (Wildman–Crippen LogP) is 0.720. The van der Waals surface area contributed by atoms with Gasteiger partial charge in [-0.2, -0.15) is 5.10 Å². The molecule has 1 N–H and O–H groups in total. The highest BCUT2D eigenvalue weighted by atomic mass is 32.2. The molecular formula is C16H19N3O4S. The third-order valence-electron chi connectivity index (χ3n) is 4.17. The van der Waals surface area contributed by atoms with Gasteiger partial charge in [-0.25, -0.2) is 13.4 Å². The number of sulfone groups is 1. The highest BCUT2D eigenvalue weighted by molar-refractivity contribution is 7.91. The molecule has 1 unspecified atom stereocenters. The monoisotopic (exact) mass is 349 g/mol. The standard InChI is InChI=1S/C16H19N3O4S/c20-15-7-6-14(18-19(15)13-4-2-1-3-5-13)16(21)17-10-12-8-9-24(22,23)11-12/h1-5,12H,6-11H2,(H,17,21). The van der Waals surface area contributed by atoms with Crippen LogP contribution in [0.5, 0.6) is 0 Å². The first-order valence-corrected chi connectivity index (χ1v) is 9.71. The summed E-state index contributed by atoms with van der Waals surface area (Å²) < 4.78 is 22.9. The lowest BCUT2D eigenvalue weighted by molar-refractivity contribution is -0.119. The summed E-state index contributed by atoms with van der Waals surface area (Å²) in [6, 6.07) is 8.95. The Morgan fingerprint density at radius 3 is 2.67 bits per heavy atom. The van der Waals surface area contributed by atoms with E-state index in [1.807, 2.05) is 6.07 Å². The number of hydrogen-bond acceptors (Lipinski definition) is 5. The summed E-state index contributed by atoms with van der Waals surface area (Å²) in [6.07, 6.45) is 1.08. The van der Waals surface area contributed by atoms with Crippen LogP contribution in [0.25, 0.3) is 0 Å². The number of rotatable bonds is 4. The van der Waals surface area contributed by atoms with E-state index in [4.69, 9.17) is 0 Å². The van der Waals surface area contributed by atoms with E-state index < -0.39 is 9.84 Å². The molecule has 1 aromatic carbocycles. The molecule has 0 spiro atoms. The van der Waals surface area contributed by atoms with E-state index in [0.29, 0.717) is 24.4 Å². The first-order chi connectivity index (χ1) is 11.4. The van der Waals surface area contributed by atoms with E-state index in [0.717, 1.165) is 0 Å². The van der Waals surface area contributed by atoms with Gasteiger partial charge in [-0.15, -0.1) is 0 Å². The largest absolute Gasteiger partial charge is 0.351 e. The topological polar surface area (TPSA) is 95.9 Å². The Morgan fingerprint density at radius 2 is 2.00 bits per heavy atom. The van der Waals surface area contributed by atoms with Gasteiger partial charge in [0, 0.05) is 19.4 Å². The first-order valence-electron chi connectivity index (χ1n) is 7.89. The lowest BCUT2D eigenvalue weighted by atomic mass is 10.1. The molecule has 1 saturated heterocycles. The SMILES string of the molecule is O=C(NCC1CCS(=O)(=O)C1)C1=NN(c2ccccc2)C(=O)CC1. The molecule has 1 fully saturated rings. The van der Waals surface area contributed by atoms with Gasteiger partial charge in [0.05, 0.1) is 17.2 Å². The van der Waals surface area contributed by atoms with Crippen molar-refractivity contribution in [3.8, 4) is 0 Å². The fourth-order valence-electron chi connectivity index (χ4n) is 2.86. The number of carbonyl (C=O) groups is 2. The molecule has 0 aromatic heterocycles. The summed E-state index contributed by atoms with van der Waals surface area (Å²) >= 11 is 0. The molecule has 2 aliphatic rings. The lowest BCUT2D eigenvalue weighted by Gasteiger charge is -2.23. The molecule has 7 nitrogen and oxygen atoms in total. The summed E-state index contributed by atoms with van der Waals surface area (Å²) in [5.74, 6) is -0.235. The number of benzene rings is 1. The van der Waals surface area contributed by atoms with Gasteiger partial charge in [0.2, 0.25) is 5.91 Å². The van der Waals surface area contributed by atoms with E-state index in [-0.39, 0.29) is 42.1 Å². The molecule has 2 amide bonds. The Kier molecular flexibility index (Phi) is 4.66. The molecule has 0 radical (unpaired) electrons. The maximum Gasteiger partial charge on any atom is 0.267 e. The Labute approximate surface area is 140 Å². The number of amides is 2. The van der Waals surface area contributed by atoms with Gasteiger partial charge in [0.15, 0.2) is 9.84 Å². The van der Waals surface area contributed by atoms with Crippen molar-refractivity contribution in [2.75, 3.05) is 23.1 Å². The predicted molar refractivity (Wildman–Crippen MR) is 90.4 cm³/mol. The van der Waals surface area contributed by atoms with Crippen molar-refractivity contribution in [1.29, 1.82) is 0 Å². The maximum absolute atomic E-state index is 12.3. The molecule has 1 aromatic rings. The number of hydrogen-bond donors (Lipinski definition) is 1. The Balaban J connectivity index is 1.65. The summed E-state index contributed by atoms with van der Waals surface area (Å²) in [4.78, 5) is 24.3. The average Bonchev–Trinajstić information content (AvgIpc) is 2.93. The van der Waals surface area contributed by atoms with Crippen molar-refractivity contribution >= 4 is 33.1 Å². The van der Waals surface area contributed by atoms with Gasteiger partial charge in [0.1, 0.15) is 5.71 Å². The molecule has 0 saturated carbocycles. The minimum absolute atomic E-state index is 0.0463. The molecular weight excluding hydrogens is 330 g/mol. The molecule has 24 heavy (non-hydrogen) atoms. The van der Waals surface area contributed by atoms with Gasteiger partial charge in [-0.05, 0) is 24.5 Å². The highest BCUT2D eigenvalue weighted by Gasteiger charge is 2.29. The van der Waals surface area contributed by atoms with E-state index in [2.05, 4.69) is 10.4 Å². The number of anilines is 1. The van der Waals surface area contributed by atoms with E-state index in [1.54, 1.807) is 24.3 Å². The van der Waals surface area contributed by atoms with E-state index >= 15 is 0 Å². The number of para-hydroxylation sites is 1. The number of hydrazone groups is 1. The van der Waals surface area contributed by atoms with Crippen molar-refractivity contribution in [2.24, 2.45) is 11.0 Å². The summed E-state index contributed by atoms with van der Waals surface area (Å²) in [6.45, 7) is 0.316. The fourth-order valence-corrected chi connectivity index (χ4v) is 4.72. The molecule has 2 aliphatic heterocycles. The van der Waals surface area contributed by atoms with Crippen LogP contribution in [0, 0.1) is 5.92 Å². The van der Waals surface area contributed by atoms with Gasteiger partial charge >= 0.3 is 0 Å². The van der Waals surface area contributed by atoms with E-state index in [9.17, 15) is 18.0 Å². The molecule has 0 bridgehead atoms. The third-order valence-corrected chi connectivity index (χ3v) is 6.01. The van der Waals surface area contributed by atoms with Crippen molar-refractivity contribution in [1.82, 2.24) is 5.32 Å². The molecule has 3 rings (SSSR count). The smallest absolute Gasteiger partial charge is 0.267 e. The lowest BCUT2D eigenvalue weighted by Crippen LogP contribution is -2.40. The normalized spacial score (nSPS) is 23.0. The van der Waals surface area contributed by atoms with Crippen molar-refractivity contribution in [2.45, 2.75) is 19.3 Å². The van der Waals surface area contributed by atoms with Crippen LogP contribution in [0.2, 0.25) is 0 Å². The second-order valence-electron chi connectivity index (χ2n) is 6.07. The second-order valence-corrected chi connectivity index (χ2v) is 8.30. The van der Waals surface area contributed by atoms with Gasteiger partial charge in [-0.1, -0.05) is 18.2 Å². The van der Waals surface area contributed by atoms with Crippen molar-refractivity contribution in [3.05, 3.63) is 30.3 Å². The summed E-state index contributed by atoms with van der Waals surface area (Å²) in [5.41, 5.74) is 0.911. The zero-order valence-electron chi connectivity index (χ0n) is 13.1. The van der Waals surface area contributed by atoms with Gasteiger partial charge in [-0.3, -0.25) is 9.59 Å². The molecule has 0 aliphatic carbocycles. The Bertz CT molecular complexity index is 774. The maximum atomic E-state index is 12.3. The van der Waals surface area contributed by atoms with Crippen LogP contribution in [0.3, 0.4) is 0 Å². The minimum Gasteiger partial charge on any atom is -0.351 e. The zero-order chi connectivity index (χ0) is 17.2. The number of carbonyl (C=O) groups excluding carboxylic acids is 2. The first kappa shape index (κ1) is 16.6. The average molecular weight is 349 g/mol. The van der Waals surface area contributed by atoms with Crippen LogP contribution in [0.15, 0.2) is 35.4 Å². The summed E-state index contributed by atoms with van der Waals surface area (Å²) in [5, 5.41) is 8.17. The number of nitrogens with zero attached hydrogens (tertiary/aromatic N) is 2. The van der Waals surface area contributed by atoms with Gasteiger partial charge in [0.25, 0.3) is 5.91 Å². The zero-order valence-corrected chi connectivity index (χ0v) is 14.0. The van der Waals surface area contributed by atoms with E-state index in [1.165, 1.54) is 5.01 Å². The van der Waals surface area contributed by atoms with Crippen molar-refractivity contribution < 1.29 is 18.0 Å². The highest BCUT2D eigenvalue weighted by Crippen LogP contribution is 2.20. The summed E-state index contributed by atoms with van der Waals surface area (Å²) in [7, 11) is -2.95. The van der Waals surface area contributed by atoms with Crippen molar-refractivity contribution in [3.63, 3.8) is 0 Å². The molecule has 8 heteroatoms. The second kappa shape index (κ2) is 6.72. The molecule has 128 valence electrons. The van der Waals surface area contributed by atoms with Crippen LogP contribution < -0.4 is 10.3 Å². The van der Waals surface area contributed by atoms with Crippen LogP contribution >= 0.6 is 0 Å². The fraction of sp³-hybridized carbons (Fsp3) is 0.438. The van der Waals surface area contributed by atoms with Crippen LogP contribution in [-0.4, -0.2) is 44.0 Å². The molecule has 2 heterocycles.